The minimum Gasteiger partial charge on any atom is -0.496 e. The molecule has 0 unspecified atom stereocenters. The van der Waals surface area contributed by atoms with Gasteiger partial charge in [-0.2, -0.15) is 0 Å². The molecule has 0 saturated heterocycles. The summed E-state index contributed by atoms with van der Waals surface area (Å²) in [6.07, 6.45) is 0. The number of carbonyl (C=O) groups excluding carboxylic acids is 1. The maximum absolute atomic E-state index is 11.5. The summed E-state index contributed by atoms with van der Waals surface area (Å²) in [5.41, 5.74) is 0.967. The van der Waals surface area contributed by atoms with Crippen molar-refractivity contribution in [2.45, 2.75) is 5.88 Å². The second-order valence-corrected chi connectivity index (χ2v) is 4.80. The number of esters is 1. The fourth-order valence-corrected chi connectivity index (χ4v) is 2.82. The molecule has 1 aromatic heterocycles. The second kappa shape index (κ2) is 4.94. The lowest BCUT2D eigenvalue weighted by molar-refractivity contribution is 0.0606. The van der Waals surface area contributed by atoms with Crippen molar-refractivity contribution < 1.29 is 14.3 Å². The maximum Gasteiger partial charge on any atom is 0.348 e. The third-order valence-corrected chi connectivity index (χ3v) is 3.79. The van der Waals surface area contributed by atoms with Crippen LogP contribution >= 0.6 is 22.9 Å². The van der Waals surface area contributed by atoms with Crippen molar-refractivity contribution in [1.82, 2.24) is 0 Å². The standard InChI is InChI=1S/C12H11ClO3S/c1-15-9-3-7(6-13)4-10-8(9)5-11(17-10)12(14)16-2/h3-5H,6H2,1-2H3. The molecule has 90 valence electrons. The molecule has 0 aliphatic rings. The molecule has 0 spiro atoms. The van der Waals surface area contributed by atoms with Crippen molar-refractivity contribution in [1.29, 1.82) is 0 Å². The van der Waals surface area contributed by atoms with Crippen molar-refractivity contribution in [3.05, 3.63) is 28.6 Å². The van der Waals surface area contributed by atoms with Gasteiger partial charge in [-0.05, 0) is 23.8 Å². The molecule has 0 bridgehead atoms. The SMILES string of the molecule is COC(=O)c1cc2c(OC)cc(CCl)cc2s1. The molecule has 0 atom stereocenters. The molecule has 3 nitrogen and oxygen atoms in total. The minimum atomic E-state index is -0.333. The predicted molar refractivity (Wildman–Crippen MR) is 69.3 cm³/mol. The molecule has 0 aliphatic heterocycles. The Balaban J connectivity index is 2.62. The fourth-order valence-electron chi connectivity index (χ4n) is 1.61. The van der Waals surface area contributed by atoms with Crippen molar-refractivity contribution in [2.75, 3.05) is 14.2 Å². The number of fused-ring (bicyclic) bond motifs is 1. The zero-order chi connectivity index (χ0) is 12.4. The summed E-state index contributed by atoms with van der Waals surface area (Å²) in [5.74, 6) is 0.808. The summed E-state index contributed by atoms with van der Waals surface area (Å²) in [6, 6.07) is 5.62. The predicted octanol–water partition coefficient (Wildman–Crippen LogP) is 3.44. The molecule has 0 radical (unpaired) electrons. The van der Waals surface area contributed by atoms with Gasteiger partial charge in [0.05, 0.1) is 14.2 Å². The van der Waals surface area contributed by atoms with Crippen LogP contribution < -0.4 is 4.74 Å². The zero-order valence-corrected chi connectivity index (χ0v) is 11.0. The minimum absolute atomic E-state index is 0.333. The van der Waals surface area contributed by atoms with Crippen LogP contribution in [0, 0.1) is 0 Å². The first-order valence-corrected chi connectivity index (χ1v) is 6.29. The van der Waals surface area contributed by atoms with E-state index in [2.05, 4.69) is 0 Å². The number of benzene rings is 1. The van der Waals surface area contributed by atoms with E-state index in [0.29, 0.717) is 10.8 Å². The Kier molecular flexibility index (Phi) is 3.54. The Morgan fingerprint density at radius 1 is 1.35 bits per heavy atom. The molecule has 2 rings (SSSR count). The Bertz CT molecular complexity index is 562. The van der Waals surface area contributed by atoms with Gasteiger partial charge in [-0.15, -0.1) is 22.9 Å². The highest BCUT2D eigenvalue weighted by Crippen LogP contribution is 2.34. The summed E-state index contributed by atoms with van der Waals surface area (Å²) in [4.78, 5) is 12.0. The maximum atomic E-state index is 11.5. The number of alkyl halides is 1. The topological polar surface area (TPSA) is 35.5 Å². The number of halogens is 1. The van der Waals surface area contributed by atoms with Crippen LogP contribution in [0.4, 0.5) is 0 Å². The smallest absolute Gasteiger partial charge is 0.348 e. The molecule has 0 aliphatic carbocycles. The summed E-state index contributed by atoms with van der Waals surface area (Å²) < 4.78 is 11.0. The number of thiophene rings is 1. The van der Waals surface area contributed by atoms with E-state index >= 15 is 0 Å². The van der Waals surface area contributed by atoms with Crippen molar-refractivity contribution in [3.8, 4) is 5.75 Å². The van der Waals surface area contributed by atoms with Crippen LogP contribution in [0.1, 0.15) is 15.2 Å². The molecule has 17 heavy (non-hydrogen) atoms. The van der Waals surface area contributed by atoms with Gasteiger partial charge in [-0.3, -0.25) is 0 Å². The van der Waals surface area contributed by atoms with Gasteiger partial charge >= 0.3 is 5.97 Å². The van der Waals surface area contributed by atoms with Crippen LogP contribution in [0.3, 0.4) is 0 Å². The number of rotatable bonds is 3. The van der Waals surface area contributed by atoms with Crippen LogP contribution in [0.15, 0.2) is 18.2 Å². The normalized spacial score (nSPS) is 10.5. The summed E-state index contributed by atoms with van der Waals surface area (Å²) in [5, 5.41) is 0.909. The van der Waals surface area contributed by atoms with E-state index in [0.717, 1.165) is 21.4 Å². The highest BCUT2D eigenvalue weighted by Gasteiger charge is 2.14. The molecule has 2 aromatic rings. The third kappa shape index (κ3) is 2.23. The average molecular weight is 271 g/mol. The van der Waals surface area contributed by atoms with Crippen molar-refractivity contribution in [3.63, 3.8) is 0 Å². The number of ether oxygens (including phenoxy) is 2. The van der Waals surface area contributed by atoms with Crippen LogP contribution in [0.5, 0.6) is 5.75 Å². The summed E-state index contributed by atoms with van der Waals surface area (Å²) in [6.45, 7) is 0. The molecule has 0 N–H and O–H groups in total. The molecule has 0 saturated carbocycles. The van der Waals surface area contributed by atoms with Gasteiger partial charge in [-0.1, -0.05) is 0 Å². The van der Waals surface area contributed by atoms with E-state index < -0.39 is 0 Å². The van der Waals surface area contributed by atoms with E-state index in [4.69, 9.17) is 21.1 Å². The Hall–Kier alpha value is -1.26. The van der Waals surface area contributed by atoms with Gasteiger partial charge < -0.3 is 9.47 Å². The highest BCUT2D eigenvalue weighted by atomic mass is 35.5. The Morgan fingerprint density at radius 2 is 2.12 bits per heavy atom. The number of hydrogen-bond acceptors (Lipinski definition) is 4. The molecule has 0 amide bonds. The molecule has 0 fully saturated rings. The lowest BCUT2D eigenvalue weighted by Crippen LogP contribution is -1.96. The molecule has 1 aromatic carbocycles. The van der Waals surface area contributed by atoms with Gasteiger partial charge in [0.25, 0.3) is 0 Å². The Labute approximate surface area is 108 Å². The first kappa shape index (κ1) is 12.2. The summed E-state index contributed by atoms with van der Waals surface area (Å²) in [7, 11) is 2.97. The molecule has 1 heterocycles. The van der Waals surface area contributed by atoms with Gasteiger partial charge in [0.1, 0.15) is 10.6 Å². The lowest BCUT2D eigenvalue weighted by atomic mass is 10.1. The third-order valence-electron chi connectivity index (χ3n) is 2.42. The quantitative estimate of drug-likeness (QED) is 0.633. The first-order valence-electron chi connectivity index (χ1n) is 4.94. The largest absolute Gasteiger partial charge is 0.496 e. The van der Waals surface area contributed by atoms with E-state index in [9.17, 15) is 4.79 Å². The van der Waals surface area contributed by atoms with Gasteiger partial charge in [0.15, 0.2) is 0 Å². The monoisotopic (exact) mass is 270 g/mol. The van der Waals surface area contributed by atoms with Gasteiger partial charge in [0.2, 0.25) is 0 Å². The highest BCUT2D eigenvalue weighted by molar-refractivity contribution is 7.20. The zero-order valence-electron chi connectivity index (χ0n) is 9.45. The average Bonchev–Trinajstić information content (AvgIpc) is 2.80. The van der Waals surface area contributed by atoms with Crippen LogP contribution in [0.25, 0.3) is 10.1 Å². The first-order chi connectivity index (χ1) is 8.19. The second-order valence-electron chi connectivity index (χ2n) is 3.45. The molecular weight excluding hydrogens is 260 g/mol. The van der Waals surface area contributed by atoms with E-state index in [1.54, 1.807) is 13.2 Å². The van der Waals surface area contributed by atoms with Crippen LogP contribution in [-0.2, 0) is 10.6 Å². The van der Waals surface area contributed by atoms with E-state index in [1.165, 1.54) is 18.4 Å². The van der Waals surface area contributed by atoms with Gasteiger partial charge in [0, 0.05) is 16.0 Å². The van der Waals surface area contributed by atoms with Crippen LogP contribution in [0.2, 0.25) is 0 Å². The lowest BCUT2D eigenvalue weighted by Gasteiger charge is -2.03. The fraction of sp³-hybridized carbons (Fsp3) is 0.250. The van der Waals surface area contributed by atoms with Crippen molar-refractivity contribution >= 4 is 39.0 Å². The number of methoxy groups -OCH3 is 2. The van der Waals surface area contributed by atoms with Crippen LogP contribution in [-0.4, -0.2) is 20.2 Å². The number of hydrogen-bond donors (Lipinski definition) is 0. The molecule has 5 heteroatoms. The van der Waals surface area contributed by atoms with E-state index in [-0.39, 0.29) is 5.97 Å². The van der Waals surface area contributed by atoms with Crippen molar-refractivity contribution in [2.24, 2.45) is 0 Å². The Morgan fingerprint density at radius 3 is 2.71 bits per heavy atom. The summed E-state index contributed by atoms with van der Waals surface area (Å²) >= 11 is 7.19. The van der Waals surface area contributed by atoms with E-state index in [1.807, 2.05) is 12.1 Å². The van der Waals surface area contributed by atoms with Gasteiger partial charge in [-0.25, -0.2) is 4.79 Å². The molecular formula is C12H11ClO3S. The number of carbonyl (C=O) groups is 1.